The molecule has 1 saturated carbocycles. The van der Waals surface area contributed by atoms with Gasteiger partial charge in [0.1, 0.15) is 12.1 Å². The van der Waals surface area contributed by atoms with Crippen LogP contribution >= 0.6 is 0 Å². The highest BCUT2D eigenvalue weighted by Gasteiger charge is 2.49. The van der Waals surface area contributed by atoms with Crippen LogP contribution in [0.25, 0.3) is 0 Å². The van der Waals surface area contributed by atoms with Crippen molar-refractivity contribution in [2.45, 2.75) is 32.8 Å². The molecule has 0 saturated heterocycles. The number of hydrogen-bond acceptors (Lipinski definition) is 4. The van der Waals surface area contributed by atoms with Gasteiger partial charge in [0.15, 0.2) is 0 Å². The molecule has 0 radical (unpaired) electrons. The van der Waals surface area contributed by atoms with Crippen molar-refractivity contribution in [1.82, 2.24) is 9.97 Å². The molecule has 2 N–H and O–H groups in total. The van der Waals surface area contributed by atoms with Gasteiger partial charge in [-0.25, -0.2) is 9.97 Å². The van der Waals surface area contributed by atoms with E-state index in [0.717, 1.165) is 12.8 Å². The molecule has 1 heterocycles. The highest BCUT2D eigenvalue weighted by Crippen LogP contribution is 2.50. The second-order valence-electron chi connectivity index (χ2n) is 5.13. The fourth-order valence-electron chi connectivity index (χ4n) is 2.14. The van der Waals surface area contributed by atoms with Crippen LogP contribution in [0.5, 0.6) is 0 Å². The van der Waals surface area contributed by atoms with E-state index < -0.39 is 5.95 Å². The highest BCUT2D eigenvalue weighted by atomic mass is 19.1. The predicted molar refractivity (Wildman–Crippen MR) is 63.0 cm³/mol. The highest BCUT2D eigenvalue weighted by molar-refractivity contribution is 5.33. The Bertz CT molecular complexity index is 393. The molecular weight excluding hydrogens is 221 g/mol. The van der Waals surface area contributed by atoms with Gasteiger partial charge in [0.2, 0.25) is 5.95 Å². The summed E-state index contributed by atoms with van der Waals surface area (Å²) in [5.41, 5.74) is -0.0599. The lowest BCUT2D eigenvalue weighted by Gasteiger charge is -2.25. The first-order valence-electron chi connectivity index (χ1n) is 5.93. The molecule has 94 valence electrons. The van der Waals surface area contributed by atoms with Gasteiger partial charge in [-0.05, 0) is 18.8 Å². The molecule has 2 rings (SSSR count). The zero-order chi connectivity index (χ0) is 12.5. The van der Waals surface area contributed by atoms with Gasteiger partial charge in [-0.2, -0.15) is 4.39 Å². The van der Waals surface area contributed by atoms with Crippen molar-refractivity contribution in [3.63, 3.8) is 0 Å². The largest absolute Gasteiger partial charge is 0.392 e. The fourth-order valence-corrected chi connectivity index (χ4v) is 2.14. The van der Waals surface area contributed by atoms with E-state index in [-0.39, 0.29) is 17.4 Å². The Balaban J connectivity index is 1.94. The minimum Gasteiger partial charge on any atom is -0.392 e. The normalized spacial score (nSPS) is 19.1. The number of nitrogens with zero attached hydrogens (tertiary/aromatic N) is 2. The maximum absolute atomic E-state index is 12.8. The lowest BCUT2D eigenvalue weighted by Crippen LogP contribution is -2.33. The van der Waals surface area contributed by atoms with Crippen molar-refractivity contribution in [1.29, 1.82) is 0 Å². The quantitative estimate of drug-likeness (QED) is 0.770. The molecule has 1 aromatic heterocycles. The molecule has 0 aromatic carbocycles. The van der Waals surface area contributed by atoms with E-state index in [9.17, 15) is 9.50 Å². The van der Waals surface area contributed by atoms with Crippen LogP contribution in [0.1, 0.15) is 26.7 Å². The number of aromatic nitrogens is 2. The molecule has 4 nitrogen and oxygen atoms in total. The molecule has 1 fully saturated rings. The SMILES string of the molecule is CC(C)[C@H](O)C1(CNc2cc(F)ncn2)CC1. The van der Waals surface area contributed by atoms with E-state index in [2.05, 4.69) is 15.3 Å². The monoisotopic (exact) mass is 239 g/mol. The molecule has 1 aromatic rings. The Labute approximate surface area is 100 Å². The lowest BCUT2D eigenvalue weighted by molar-refractivity contribution is 0.0567. The number of halogens is 1. The second kappa shape index (κ2) is 4.56. The van der Waals surface area contributed by atoms with Crippen LogP contribution in [0.3, 0.4) is 0 Å². The third kappa shape index (κ3) is 2.72. The minimum atomic E-state index is -0.545. The Kier molecular flexibility index (Phi) is 3.28. The first kappa shape index (κ1) is 12.2. The third-order valence-corrected chi connectivity index (χ3v) is 3.41. The fraction of sp³-hybridized carbons (Fsp3) is 0.667. The second-order valence-corrected chi connectivity index (χ2v) is 5.13. The summed E-state index contributed by atoms with van der Waals surface area (Å²) in [6.45, 7) is 4.65. The third-order valence-electron chi connectivity index (χ3n) is 3.41. The Morgan fingerprint density at radius 3 is 2.71 bits per heavy atom. The van der Waals surface area contributed by atoms with E-state index in [1.165, 1.54) is 12.4 Å². The van der Waals surface area contributed by atoms with Crippen LogP contribution in [0.4, 0.5) is 10.2 Å². The van der Waals surface area contributed by atoms with Crippen LogP contribution in [0.15, 0.2) is 12.4 Å². The number of anilines is 1. The van der Waals surface area contributed by atoms with Gasteiger partial charge in [0.05, 0.1) is 6.10 Å². The average molecular weight is 239 g/mol. The molecule has 5 heteroatoms. The molecule has 1 aliphatic carbocycles. The molecule has 1 aliphatic rings. The number of aliphatic hydroxyl groups is 1. The van der Waals surface area contributed by atoms with Crippen LogP contribution in [-0.4, -0.2) is 27.7 Å². The summed E-state index contributed by atoms with van der Waals surface area (Å²) in [5.74, 6) is 0.165. The molecule has 0 bridgehead atoms. The van der Waals surface area contributed by atoms with Crippen LogP contribution in [0, 0.1) is 17.3 Å². The summed E-state index contributed by atoms with van der Waals surface area (Å²) in [5, 5.41) is 13.2. The molecule has 1 atom stereocenters. The Morgan fingerprint density at radius 1 is 1.47 bits per heavy atom. The summed E-state index contributed by atoms with van der Waals surface area (Å²) < 4.78 is 12.8. The predicted octanol–water partition coefficient (Wildman–Crippen LogP) is 1.82. The van der Waals surface area contributed by atoms with Crippen LogP contribution in [0.2, 0.25) is 0 Å². The molecule has 0 aliphatic heterocycles. The molecule has 0 amide bonds. The number of hydrogen-bond donors (Lipinski definition) is 2. The first-order valence-corrected chi connectivity index (χ1v) is 5.93. The van der Waals surface area contributed by atoms with Gasteiger partial charge in [0.25, 0.3) is 0 Å². The summed E-state index contributed by atoms with van der Waals surface area (Å²) in [6, 6.07) is 1.26. The van der Waals surface area contributed by atoms with Gasteiger partial charge >= 0.3 is 0 Å². The maximum Gasteiger partial charge on any atom is 0.217 e. The number of aliphatic hydroxyl groups excluding tert-OH is 1. The summed E-state index contributed by atoms with van der Waals surface area (Å²) in [7, 11) is 0. The van der Waals surface area contributed by atoms with Crippen molar-refractivity contribution in [2.24, 2.45) is 11.3 Å². The summed E-state index contributed by atoms with van der Waals surface area (Å²) >= 11 is 0. The van der Waals surface area contributed by atoms with Crippen molar-refractivity contribution < 1.29 is 9.50 Å². The van der Waals surface area contributed by atoms with Gasteiger partial charge in [-0.15, -0.1) is 0 Å². The van der Waals surface area contributed by atoms with Gasteiger partial charge in [-0.3, -0.25) is 0 Å². The number of rotatable bonds is 5. The maximum atomic E-state index is 12.8. The molecule has 0 spiro atoms. The average Bonchev–Trinajstić information content (AvgIpc) is 3.06. The van der Waals surface area contributed by atoms with Crippen LogP contribution < -0.4 is 5.32 Å². The first-order chi connectivity index (χ1) is 8.03. The summed E-state index contributed by atoms with van der Waals surface area (Å²) in [6.07, 6.45) is 2.89. The van der Waals surface area contributed by atoms with E-state index in [0.29, 0.717) is 12.4 Å². The van der Waals surface area contributed by atoms with E-state index in [1.807, 2.05) is 13.8 Å². The van der Waals surface area contributed by atoms with Crippen molar-refractivity contribution in [2.75, 3.05) is 11.9 Å². The minimum absolute atomic E-state index is 0.0599. The number of nitrogens with one attached hydrogen (secondary N) is 1. The smallest absolute Gasteiger partial charge is 0.217 e. The molecule has 0 unspecified atom stereocenters. The Hall–Kier alpha value is -1.23. The van der Waals surface area contributed by atoms with Crippen LogP contribution in [-0.2, 0) is 0 Å². The van der Waals surface area contributed by atoms with Gasteiger partial charge in [0, 0.05) is 18.0 Å². The van der Waals surface area contributed by atoms with E-state index in [4.69, 9.17) is 0 Å². The standard InChI is InChI=1S/C12H18FN3O/c1-8(2)11(17)12(3-4-12)6-14-10-5-9(13)15-7-16-10/h5,7-8,11,17H,3-4,6H2,1-2H3,(H,14,15,16)/t11-/m0/s1. The molecular formula is C12H18FN3O. The van der Waals surface area contributed by atoms with Crippen molar-refractivity contribution >= 4 is 5.82 Å². The van der Waals surface area contributed by atoms with Crippen molar-refractivity contribution in [3.05, 3.63) is 18.3 Å². The zero-order valence-corrected chi connectivity index (χ0v) is 10.2. The van der Waals surface area contributed by atoms with Gasteiger partial charge < -0.3 is 10.4 Å². The van der Waals surface area contributed by atoms with Gasteiger partial charge in [-0.1, -0.05) is 13.8 Å². The van der Waals surface area contributed by atoms with E-state index in [1.54, 1.807) is 0 Å². The zero-order valence-electron chi connectivity index (χ0n) is 10.2. The lowest BCUT2D eigenvalue weighted by atomic mass is 9.90. The summed E-state index contributed by atoms with van der Waals surface area (Å²) in [4.78, 5) is 7.33. The van der Waals surface area contributed by atoms with E-state index >= 15 is 0 Å². The molecule has 17 heavy (non-hydrogen) atoms. The van der Waals surface area contributed by atoms with Crippen molar-refractivity contribution in [3.8, 4) is 0 Å². The topological polar surface area (TPSA) is 58.0 Å². The Morgan fingerprint density at radius 2 is 2.18 bits per heavy atom.